The summed E-state index contributed by atoms with van der Waals surface area (Å²) in [6.07, 6.45) is 0. The predicted molar refractivity (Wildman–Crippen MR) is 71.5 cm³/mol. The molecule has 0 aliphatic carbocycles. The molecule has 4 heterocycles. The van der Waals surface area contributed by atoms with E-state index in [0.29, 0.717) is 28.0 Å². The predicted octanol–water partition coefficient (Wildman–Crippen LogP) is -1.43. The van der Waals surface area contributed by atoms with Gasteiger partial charge in [0.1, 0.15) is 0 Å². The average molecular weight is 500 g/mol. The summed E-state index contributed by atoms with van der Waals surface area (Å²) in [5.41, 5.74) is 2.02. The summed E-state index contributed by atoms with van der Waals surface area (Å²) in [4.78, 5) is 23.7. The van der Waals surface area contributed by atoms with Gasteiger partial charge >= 0.3 is 138 Å². The first-order valence-electron chi connectivity index (χ1n) is 5.82. The summed E-state index contributed by atoms with van der Waals surface area (Å²) < 4.78 is 18.8. The maximum absolute atomic E-state index is 12.2. The fraction of sp³-hybridized carbons (Fsp3) is 0.333. The Morgan fingerprint density at radius 2 is 2.40 bits per heavy atom. The van der Waals surface area contributed by atoms with Crippen LogP contribution < -0.4 is 29.7 Å². The minimum absolute atomic E-state index is 0.0855. The van der Waals surface area contributed by atoms with Crippen molar-refractivity contribution in [3.63, 3.8) is 0 Å². The Kier molecular flexibility index (Phi) is 2.74. The molecule has 2 unspecified atom stereocenters. The third-order valence-electron chi connectivity index (χ3n) is 3.37. The molecule has 106 valence electrons. The van der Waals surface area contributed by atoms with Crippen LogP contribution in [-0.4, -0.2) is 19.4 Å². The van der Waals surface area contributed by atoms with Crippen molar-refractivity contribution in [2.24, 2.45) is 0 Å². The zero-order valence-electron chi connectivity index (χ0n) is 10.2. The molecule has 2 aliphatic heterocycles. The number of ether oxygens (including phenoxy) is 2. The summed E-state index contributed by atoms with van der Waals surface area (Å²) in [6.45, 7) is 2.04. The molecule has 0 radical (unpaired) electrons. The van der Waals surface area contributed by atoms with Crippen LogP contribution in [0.15, 0.2) is 10.5 Å². The standard InChI is InChI=1S/C12H8I2NO5/c1-12(13,10-14-15-10)11(17)20-6-2-5-7-4(8(6)19-5)3-18-9(7)16/h2,10,15H,3H2,1H3/q-1. The van der Waals surface area contributed by atoms with Crippen LogP contribution in [-0.2, 0) is 16.1 Å². The quantitative estimate of drug-likeness (QED) is 0.106. The number of rotatable bonds is 3. The minimum atomic E-state index is -0.571. The molecule has 1 fully saturated rings. The number of benzene rings is 1. The van der Waals surface area contributed by atoms with E-state index in [9.17, 15) is 9.59 Å². The Morgan fingerprint density at radius 3 is 3.10 bits per heavy atom. The molecule has 0 aromatic carbocycles. The number of halogens is 2. The number of fused-ring (bicyclic) bond motifs is 5. The van der Waals surface area contributed by atoms with Gasteiger partial charge in [0.15, 0.2) is 0 Å². The molecule has 2 atom stereocenters. The van der Waals surface area contributed by atoms with Crippen LogP contribution in [0.1, 0.15) is 22.8 Å². The van der Waals surface area contributed by atoms with Crippen LogP contribution in [0.25, 0.3) is 11.2 Å². The summed E-state index contributed by atoms with van der Waals surface area (Å²) in [5, 5.41) is 0. The van der Waals surface area contributed by atoms with Gasteiger partial charge < -0.3 is 0 Å². The maximum atomic E-state index is 12.2. The van der Waals surface area contributed by atoms with Crippen molar-refractivity contribution in [3.05, 3.63) is 17.2 Å². The molecule has 0 amide bonds. The number of cyclic esters (lactones) is 1. The van der Waals surface area contributed by atoms with E-state index < -0.39 is 3.42 Å². The molecule has 1 saturated heterocycles. The number of carbonyl (C=O) groups is 2. The molecule has 0 spiro atoms. The third-order valence-corrected chi connectivity index (χ3v) is 8.11. The second kappa shape index (κ2) is 4.19. The SMILES string of the molecule is CC(I)(C(=O)Oc1cc2oc1c1c2C(=O)OC1)C1N[I-]1. The zero-order chi connectivity index (χ0) is 14.1. The van der Waals surface area contributed by atoms with E-state index in [1.165, 1.54) is 0 Å². The van der Waals surface area contributed by atoms with Crippen molar-refractivity contribution in [2.75, 3.05) is 0 Å². The van der Waals surface area contributed by atoms with E-state index in [1.807, 2.05) is 6.92 Å². The summed E-state index contributed by atoms with van der Waals surface area (Å²) >= 11 is 2.04. The monoisotopic (exact) mass is 500 g/mol. The molecule has 20 heavy (non-hydrogen) atoms. The number of esters is 2. The number of hydrogen-bond donors (Lipinski definition) is 1. The van der Waals surface area contributed by atoms with Crippen molar-refractivity contribution in [3.8, 4) is 5.75 Å². The first-order chi connectivity index (χ1) is 9.48. The van der Waals surface area contributed by atoms with Gasteiger partial charge in [-0.05, 0) is 0 Å². The molecule has 4 rings (SSSR count). The summed E-state index contributed by atoms with van der Waals surface area (Å²) in [7, 11) is 0. The summed E-state index contributed by atoms with van der Waals surface area (Å²) in [5.74, 6) is -0.295. The number of alkyl halides is 2. The van der Waals surface area contributed by atoms with Crippen molar-refractivity contribution in [1.82, 2.24) is 3.53 Å². The Balaban J connectivity index is 1.65. The molecule has 2 aromatic rings. The Bertz CT molecular complexity index is 733. The fourth-order valence-corrected chi connectivity index (χ4v) is 5.45. The van der Waals surface area contributed by atoms with Gasteiger partial charge in [-0.15, -0.1) is 0 Å². The number of hydrogen-bond acceptors (Lipinski definition) is 6. The zero-order valence-corrected chi connectivity index (χ0v) is 14.5. The van der Waals surface area contributed by atoms with E-state index in [-0.39, 0.29) is 44.1 Å². The number of furan rings is 2. The second-order valence-corrected chi connectivity index (χ2v) is 9.51. The fourth-order valence-electron chi connectivity index (χ4n) is 2.16. The molecular formula is C12H8I2NO5-. The summed E-state index contributed by atoms with van der Waals surface area (Å²) in [6, 6.07) is 1.58. The molecule has 2 bridgehead atoms. The van der Waals surface area contributed by atoms with Crippen LogP contribution in [0.4, 0.5) is 0 Å². The van der Waals surface area contributed by atoms with E-state index in [2.05, 4.69) is 26.1 Å². The van der Waals surface area contributed by atoms with Crippen molar-refractivity contribution < 1.29 is 45.0 Å². The van der Waals surface area contributed by atoms with Gasteiger partial charge in [-0.1, -0.05) is 0 Å². The van der Waals surface area contributed by atoms with Gasteiger partial charge in [0.05, 0.1) is 0 Å². The molecule has 2 aromatic heterocycles. The third kappa shape index (κ3) is 1.77. The van der Waals surface area contributed by atoms with Crippen molar-refractivity contribution >= 4 is 45.7 Å². The van der Waals surface area contributed by atoms with Crippen LogP contribution in [0.2, 0.25) is 0 Å². The van der Waals surface area contributed by atoms with Crippen LogP contribution in [0.3, 0.4) is 0 Å². The molecule has 0 saturated carbocycles. The van der Waals surface area contributed by atoms with Crippen molar-refractivity contribution in [2.45, 2.75) is 21.0 Å². The molecule has 1 N–H and O–H groups in total. The van der Waals surface area contributed by atoms with Gasteiger partial charge in [-0.3, -0.25) is 0 Å². The van der Waals surface area contributed by atoms with Gasteiger partial charge in [-0.25, -0.2) is 0 Å². The molecule has 8 heteroatoms. The van der Waals surface area contributed by atoms with Crippen LogP contribution in [0, 0.1) is 0 Å². The first kappa shape index (κ1) is 13.1. The van der Waals surface area contributed by atoms with Crippen LogP contribution >= 0.6 is 22.6 Å². The topological polar surface area (TPSA) is 87.7 Å². The Morgan fingerprint density at radius 1 is 1.65 bits per heavy atom. The van der Waals surface area contributed by atoms with Gasteiger partial charge in [0.25, 0.3) is 0 Å². The Labute approximate surface area is 137 Å². The molecule has 6 nitrogen and oxygen atoms in total. The van der Waals surface area contributed by atoms with Gasteiger partial charge in [0.2, 0.25) is 0 Å². The normalized spacial score (nSPS) is 23.9. The van der Waals surface area contributed by atoms with Crippen molar-refractivity contribution in [1.29, 1.82) is 0 Å². The van der Waals surface area contributed by atoms with E-state index in [0.717, 1.165) is 0 Å². The second-order valence-electron chi connectivity index (χ2n) is 4.78. The first-order valence-corrected chi connectivity index (χ1v) is 9.23. The Hall–Kier alpha value is -0.620. The number of carbonyl (C=O) groups excluding carboxylic acids is 2. The van der Waals surface area contributed by atoms with E-state index in [4.69, 9.17) is 13.9 Å². The average Bonchev–Trinajstić information content (AvgIpc) is 2.97. The van der Waals surface area contributed by atoms with Gasteiger partial charge in [-0.2, -0.15) is 0 Å². The molecule has 2 aliphatic rings. The number of nitrogens with one attached hydrogen (secondary N) is 1. The molecular weight excluding hydrogens is 492 g/mol. The van der Waals surface area contributed by atoms with Crippen LogP contribution in [0.5, 0.6) is 5.75 Å². The van der Waals surface area contributed by atoms with E-state index >= 15 is 0 Å². The van der Waals surface area contributed by atoms with Gasteiger partial charge in [0, 0.05) is 0 Å². The van der Waals surface area contributed by atoms with E-state index in [1.54, 1.807) is 6.07 Å².